The number of hydrogen-bond donors (Lipinski definition) is 2. The molecule has 1 aromatic heterocycles. The van der Waals surface area contributed by atoms with E-state index >= 15 is 0 Å². The Bertz CT molecular complexity index is 644. The molecule has 0 aliphatic carbocycles. The summed E-state index contributed by atoms with van der Waals surface area (Å²) >= 11 is 0. The fourth-order valence-corrected chi connectivity index (χ4v) is 2.61. The van der Waals surface area contributed by atoms with Gasteiger partial charge in [-0.2, -0.15) is 0 Å². The molecule has 0 unspecified atom stereocenters. The summed E-state index contributed by atoms with van der Waals surface area (Å²) in [6, 6.07) is 5.03. The van der Waals surface area contributed by atoms with Gasteiger partial charge in [-0.15, -0.1) is 0 Å². The van der Waals surface area contributed by atoms with E-state index in [2.05, 4.69) is 21.9 Å². The van der Waals surface area contributed by atoms with Crippen molar-refractivity contribution in [2.75, 3.05) is 33.2 Å². The highest BCUT2D eigenvalue weighted by Crippen LogP contribution is 2.18. The number of fused-ring (bicyclic) bond motifs is 1. The predicted octanol–water partition coefficient (Wildman–Crippen LogP) is 0.975. The second-order valence-corrected chi connectivity index (χ2v) is 5.57. The molecule has 0 atom stereocenters. The van der Waals surface area contributed by atoms with Gasteiger partial charge < -0.3 is 19.9 Å². The fourth-order valence-electron chi connectivity index (χ4n) is 2.61. The number of carbonyl (C=O) groups is 1. The number of phenols is 1. The quantitative estimate of drug-likeness (QED) is 0.883. The molecule has 1 fully saturated rings. The molecule has 0 saturated carbocycles. The number of imidazole rings is 1. The molecule has 1 saturated heterocycles. The Morgan fingerprint density at radius 2 is 2.10 bits per heavy atom. The van der Waals surface area contributed by atoms with E-state index in [0.29, 0.717) is 12.8 Å². The molecule has 6 nitrogen and oxygen atoms in total. The number of nitrogens with zero attached hydrogens (tertiary/aromatic N) is 3. The van der Waals surface area contributed by atoms with E-state index < -0.39 is 0 Å². The van der Waals surface area contributed by atoms with E-state index in [4.69, 9.17) is 0 Å². The van der Waals surface area contributed by atoms with Crippen molar-refractivity contribution in [1.82, 2.24) is 19.8 Å². The molecular weight excluding hydrogens is 268 g/mol. The molecule has 1 aromatic carbocycles. The average Bonchev–Trinajstić information content (AvgIpc) is 2.87. The van der Waals surface area contributed by atoms with Gasteiger partial charge in [0.15, 0.2) is 0 Å². The first-order chi connectivity index (χ1) is 10.1. The van der Waals surface area contributed by atoms with Gasteiger partial charge in [-0.25, -0.2) is 4.98 Å². The number of rotatable bonds is 3. The van der Waals surface area contributed by atoms with E-state index in [1.807, 2.05) is 4.90 Å². The van der Waals surface area contributed by atoms with E-state index in [0.717, 1.165) is 43.0 Å². The smallest absolute Gasteiger partial charge is 0.223 e. The van der Waals surface area contributed by atoms with Gasteiger partial charge in [0, 0.05) is 45.1 Å². The topological polar surface area (TPSA) is 72.5 Å². The second kappa shape index (κ2) is 5.73. The Morgan fingerprint density at radius 1 is 1.33 bits per heavy atom. The van der Waals surface area contributed by atoms with Crippen LogP contribution in [0.25, 0.3) is 11.0 Å². The van der Waals surface area contributed by atoms with Crippen LogP contribution in [0.5, 0.6) is 5.75 Å². The summed E-state index contributed by atoms with van der Waals surface area (Å²) in [6.45, 7) is 3.50. The van der Waals surface area contributed by atoms with E-state index in [9.17, 15) is 9.90 Å². The number of H-pyrrole nitrogens is 1. The zero-order valence-corrected chi connectivity index (χ0v) is 12.2. The minimum Gasteiger partial charge on any atom is -0.508 e. The third-order valence-corrected chi connectivity index (χ3v) is 3.95. The van der Waals surface area contributed by atoms with Crippen LogP contribution in [0.3, 0.4) is 0 Å². The van der Waals surface area contributed by atoms with Crippen LogP contribution in [0.2, 0.25) is 0 Å². The molecular formula is C15H20N4O2. The molecule has 1 aliphatic heterocycles. The zero-order chi connectivity index (χ0) is 14.8. The number of aromatic amines is 1. The highest BCUT2D eigenvalue weighted by molar-refractivity contribution is 5.78. The first kappa shape index (κ1) is 13.9. The number of amides is 1. The van der Waals surface area contributed by atoms with Crippen molar-refractivity contribution in [1.29, 1.82) is 0 Å². The molecule has 0 bridgehead atoms. The third-order valence-electron chi connectivity index (χ3n) is 3.95. The zero-order valence-electron chi connectivity index (χ0n) is 12.2. The van der Waals surface area contributed by atoms with Gasteiger partial charge in [0.2, 0.25) is 5.91 Å². The number of aryl methyl sites for hydroxylation is 1. The number of likely N-dealkylation sites (N-methyl/N-ethyl adjacent to an activating group) is 1. The maximum absolute atomic E-state index is 12.2. The minimum absolute atomic E-state index is 0.186. The van der Waals surface area contributed by atoms with E-state index in [1.54, 1.807) is 18.2 Å². The van der Waals surface area contributed by atoms with E-state index in [-0.39, 0.29) is 11.7 Å². The Balaban J connectivity index is 1.59. The molecule has 1 amide bonds. The number of aromatic nitrogens is 2. The lowest BCUT2D eigenvalue weighted by molar-refractivity contribution is -0.132. The van der Waals surface area contributed by atoms with Gasteiger partial charge in [-0.1, -0.05) is 0 Å². The second-order valence-electron chi connectivity index (χ2n) is 5.57. The lowest BCUT2D eigenvalue weighted by atomic mass is 10.2. The first-order valence-corrected chi connectivity index (χ1v) is 7.26. The summed E-state index contributed by atoms with van der Waals surface area (Å²) in [4.78, 5) is 23.9. The summed E-state index contributed by atoms with van der Waals surface area (Å²) in [5.41, 5.74) is 1.62. The molecule has 2 N–H and O–H groups in total. The number of carbonyl (C=O) groups excluding carboxylic acids is 1. The van der Waals surface area contributed by atoms with Crippen molar-refractivity contribution in [2.24, 2.45) is 0 Å². The predicted molar refractivity (Wildman–Crippen MR) is 80.2 cm³/mol. The molecule has 2 aromatic rings. The molecule has 21 heavy (non-hydrogen) atoms. The average molecular weight is 288 g/mol. The largest absolute Gasteiger partial charge is 0.508 e. The maximum atomic E-state index is 12.2. The minimum atomic E-state index is 0.186. The van der Waals surface area contributed by atoms with Gasteiger partial charge in [0.25, 0.3) is 0 Å². The summed E-state index contributed by atoms with van der Waals surface area (Å²) in [5, 5.41) is 9.44. The highest BCUT2D eigenvalue weighted by Gasteiger charge is 2.19. The molecule has 3 rings (SSSR count). The SMILES string of the molecule is CN1CCN(C(=O)CCc2nc3ccc(O)cc3[nH]2)CC1. The number of nitrogens with one attached hydrogen (secondary N) is 1. The summed E-state index contributed by atoms with van der Waals surface area (Å²) in [7, 11) is 2.08. The van der Waals surface area contributed by atoms with Gasteiger partial charge in [-0.05, 0) is 19.2 Å². The van der Waals surface area contributed by atoms with Crippen molar-refractivity contribution in [3.63, 3.8) is 0 Å². The van der Waals surface area contributed by atoms with Crippen LogP contribution in [0.1, 0.15) is 12.2 Å². The van der Waals surface area contributed by atoms with Gasteiger partial charge >= 0.3 is 0 Å². The summed E-state index contributed by atoms with van der Waals surface area (Å²) in [5.74, 6) is 1.19. The Labute approximate surface area is 123 Å². The fraction of sp³-hybridized carbons (Fsp3) is 0.467. The van der Waals surface area contributed by atoms with Crippen LogP contribution in [0, 0.1) is 0 Å². The Morgan fingerprint density at radius 3 is 2.86 bits per heavy atom. The summed E-state index contributed by atoms with van der Waals surface area (Å²) in [6.07, 6.45) is 1.07. The van der Waals surface area contributed by atoms with Crippen LogP contribution in [0.4, 0.5) is 0 Å². The highest BCUT2D eigenvalue weighted by atomic mass is 16.3. The molecule has 112 valence electrons. The number of piperazine rings is 1. The van der Waals surface area contributed by atoms with Crippen LogP contribution in [-0.4, -0.2) is 64.0 Å². The van der Waals surface area contributed by atoms with Crippen LogP contribution in [0.15, 0.2) is 18.2 Å². The summed E-state index contributed by atoms with van der Waals surface area (Å²) < 4.78 is 0. The van der Waals surface area contributed by atoms with Crippen molar-refractivity contribution in [3.8, 4) is 5.75 Å². The maximum Gasteiger partial charge on any atom is 0.223 e. The number of benzene rings is 1. The van der Waals surface area contributed by atoms with Crippen molar-refractivity contribution >= 4 is 16.9 Å². The lowest BCUT2D eigenvalue weighted by Crippen LogP contribution is -2.47. The number of hydrogen-bond acceptors (Lipinski definition) is 4. The normalized spacial score (nSPS) is 16.5. The van der Waals surface area contributed by atoms with Crippen LogP contribution in [-0.2, 0) is 11.2 Å². The standard InChI is InChI=1S/C15H20N4O2/c1-18-6-8-19(9-7-18)15(21)5-4-14-16-12-3-2-11(20)10-13(12)17-14/h2-3,10,20H,4-9H2,1H3,(H,16,17). The Hall–Kier alpha value is -2.08. The number of aromatic hydroxyl groups is 1. The van der Waals surface area contributed by atoms with Gasteiger partial charge in [0.1, 0.15) is 11.6 Å². The monoisotopic (exact) mass is 288 g/mol. The Kier molecular flexibility index (Phi) is 3.79. The first-order valence-electron chi connectivity index (χ1n) is 7.26. The molecule has 2 heterocycles. The number of phenolic OH excluding ortho intramolecular Hbond substituents is 1. The van der Waals surface area contributed by atoms with Crippen molar-refractivity contribution in [3.05, 3.63) is 24.0 Å². The van der Waals surface area contributed by atoms with Crippen LogP contribution < -0.4 is 0 Å². The van der Waals surface area contributed by atoms with Gasteiger partial charge in [0.05, 0.1) is 11.0 Å². The third kappa shape index (κ3) is 3.16. The molecule has 1 aliphatic rings. The van der Waals surface area contributed by atoms with Crippen molar-refractivity contribution in [2.45, 2.75) is 12.8 Å². The van der Waals surface area contributed by atoms with Gasteiger partial charge in [-0.3, -0.25) is 4.79 Å². The van der Waals surface area contributed by atoms with Crippen molar-refractivity contribution < 1.29 is 9.90 Å². The van der Waals surface area contributed by atoms with Crippen LogP contribution >= 0.6 is 0 Å². The lowest BCUT2D eigenvalue weighted by Gasteiger charge is -2.32. The molecule has 0 radical (unpaired) electrons. The molecule has 0 spiro atoms. The van der Waals surface area contributed by atoms with E-state index in [1.165, 1.54) is 0 Å². The molecule has 6 heteroatoms.